The number of rotatable bonds is 1. The van der Waals surface area contributed by atoms with Crippen LogP contribution >= 0.6 is 0 Å². The molecule has 0 spiro atoms. The van der Waals surface area contributed by atoms with E-state index in [1.165, 1.54) is 0 Å². The normalized spacial score (nSPS) is 11.1. The zero-order valence-electron chi connectivity index (χ0n) is 11.9. The maximum absolute atomic E-state index is 11.9. The predicted octanol–water partition coefficient (Wildman–Crippen LogP) is 2.61. The first-order valence-electron chi connectivity index (χ1n) is 6.96. The Morgan fingerprint density at radius 1 is 0.909 bits per heavy atom. The molecular formula is C17H12N4O. The van der Waals surface area contributed by atoms with Crippen LogP contribution in [0.1, 0.15) is 5.69 Å². The lowest BCUT2D eigenvalue weighted by molar-refractivity contribution is 0.841. The molecule has 2 aromatic carbocycles. The molecule has 0 amide bonds. The van der Waals surface area contributed by atoms with Crippen molar-refractivity contribution in [3.63, 3.8) is 0 Å². The van der Waals surface area contributed by atoms with Gasteiger partial charge in [-0.25, -0.2) is 4.98 Å². The van der Waals surface area contributed by atoms with E-state index in [0.717, 1.165) is 16.5 Å². The van der Waals surface area contributed by atoms with Gasteiger partial charge in [0.1, 0.15) is 5.69 Å². The van der Waals surface area contributed by atoms with Gasteiger partial charge in [-0.1, -0.05) is 42.5 Å². The average Bonchev–Trinajstić information content (AvgIpc) is 2.56. The van der Waals surface area contributed by atoms with Crippen LogP contribution in [0.3, 0.4) is 0 Å². The Morgan fingerprint density at radius 3 is 2.45 bits per heavy atom. The number of aryl methyl sites for hydroxylation is 1. The molecule has 2 aromatic heterocycles. The smallest absolute Gasteiger partial charge is 0.265 e. The number of aromatic nitrogens is 4. The third-order valence-electron chi connectivity index (χ3n) is 3.57. The lowest BCUT2D eigenvalue weighted by Gasteiger charge is -2.10. The van der Waals surface area contributed by atoms with Gasteiger partial charge in [-0.2, -0.15) is 14.6 Å². The maximum atomic E-state index is 11.9. The summed E-state index contributed by atoms with van der Waals surface area (Å²) in [5.41, 5.74) is 2.29. The van der Waals surface area contributed by atoms with Crippen LogP contribution in [0.15, 0.2) is 59.4 Å². The van der Waals surface area contributed by atoms with E-state index in [9.17, 15) is 4.79 Å². The average molecular weight is 288 g/mol. The summed E-state index contributed by atoms with van der Waals surface area (Å²) in [4.78, 5) is 20.8. The Morgan fingerprint density at radius 2 is 1.64 bits per heavy atom. The second-order valence-electron chi connectivity index (χ2n) is 5.06. The highest BCUT2D eigenvalue weighted by Crippen LogP contribution is 2.22. The molecule has 0 aliphatic carbocycles. The van der Waals surface area contributed by atoms with E-state index in [1.807, 2.05) is 54.6 Å². The van der Waals surface area contributed by atoms with E-state index in [4.69, 9.17) is 4.98 Å². The van der Waals surface area contributed by atoms with Gasteiger partial charge in [-0.3, -0.25) is 4.79 Å². The molecule has 4 rings (SSSR count). The van der Waals surface area contributed by atoms with Crippen LogP contribution in [0.25, 0.3) is 27.9 Å². The standard InChI is InChI=1S/C17H12N4O/c1-11-17(22)19-16-13-9-5-6-10-14(13)18-15(21(16)20-11)12-7-3-2-4-8-12/h2-10H,1H3. The van der Waals surface area contributed by atoms with E-state index in [2.05, 4.69) is 10.1 Å². The molecule has 5 nitrogen and oxygen atoms in total. The Hall–Kier alpha value is -3.08. The Labute approximate surface area is 125 Å². The summed E-state index contributed by atoms with van der Waals surface area (Å²) in [5, 5.41) is 5.19. The summed E-state index contributed by atoms with van der Waals surface area (Å²) in [6, 6.07) is 17.4. The minimum atomic E-state index is -0.310. The third kappa shape index (κ3) is 1.87. The molecular weight excluding hydrogens is 276 g/mol. The van der Waals surface area contributed by atoms with E-state index >= 15 is 0 Å². The highest BCUT2D eigenvalue weighted by Gasteiger charge is 2.12. The summed E-state index contributed by atoms with van der Waals surface area (Å²) in [7, 11) is 0. The Bertz CT molecular complexity index is 1050. The maximum Gasteiger partial charge on any atom is 0.294 e. The summed E-state index contributed by atoms with van der Waals surface area (Å²) in [6.45, 7) is 1.66. The number of hydrogen-bond acceptors (Lipinski definition) is 4. The van der Waals surface area contributed by atoms with Gasteiger partial charge in [-0.05, 0) is 19.1 Å². The van der Waals surface area contributed by atoms with Gasteiger partial charge in [0.15, 0.2) is 11.5 Å². The molecule has 0 radical (unpaired) electrons. The number of para-hydroxylation sites is 1. The van der Waals surface area contributed by atoms with Crippen LogP contribution in [0, 0.1) is 6.92 Å². The van der Waals surface area contributed by atoms with Gasteiger partial charge in [0.2, 0.25) is 0 Å². The fourth-order valence-electron chi connectivity index (χ4n) is 2.48. The minimum absolute atomic E-state index is 0.310. The van der Waals surface area contributed by atoms with Gasteiger partial charge >= 0.3 is 0 Å². The van der Waals surface area contributed by atoms with Gasteiger partial charge in [0.05, 0.1) is 5.52 Å². The van der Waals surface area contributed by atoms with Crippen molar-refractivity contribution in [1.29, 1.82) is 0 Å². The predicted molar refractivity (Wildman–Crippen MR) is 84.7 cm³/mol. The van der Waals surface area contributed by atoms with Crippen LogP contribution in [-0.2, 0) is 0 Å². The molecule has 0 aliphatic heterocycles. The first kappa shape index (κ1) is 12.6. The molecule has 0 aliphatic rings. The zero-order valence-corrected chi connectivity index (χ0v) is 11.9. The van der Waals surface area contributed by atoms with Crippen molar-refractivity contribution in [1.82, 2.24) is 19.6 Å². The molecule has 0 saturated carbocycles. The molecule has 0 bridgehead atoms. The largest absolute Gasteiger partial charge is 0.294 e. The van der Waals surface area contributed by atoms with Crippen LogP contribution in [-0.4, -0.2) is 19.6 Å². The van der Waals surface area contributed by atoms with Crippen molar-refractivity contribution in [2.24, 2.45) is 0 Å². The number of nitrogens with zero attached hydrogens (tertiary/aromatic N) is 4. The highest BCUT2D eigenvalue weighted by molar-refractivity contribution is 5.92. The van der Waals surface area contributed by atoms with E-state index in [1.54, 1.807) is 11.4 Å². The fourth-order valence-corrected chi connectivity index (χ4v) is 2.48. The van der Waals surface area contributed by atoms with Crippen molar-refractivity contribution >= 4 is 16.6 Å². The summed E-state index contributed by atoms with van der Waals surface area (Å²) >= 11 is 0. The molecule has 0 fully saturated rings. The first-order valence-corrected chi connectivity index (χ1v) is 6.96. The van der Waals surface area contributed by atoms with E-state index < -0.39 is 0 Å². The van der Waals surface area contributed by atoms with Crippen LogP contribution < -0.4 is 5.56 Å². The number of fused-ring (bicyclic) bond motifs is 3. The quantitative estimate of drug-likeness (QED) is 0.505. The van der Waals surface area contributed by atoms with Crippen LogP contribution in [0.2, 0.25) is 0 Å². The second kappa shape index (κ2) is 4.73. The molecule has 0 unspecified atom stereocenters. The van der Waals surface area contributed by atoms with Crippen molar-refractivity contribution in [3.05, 3.63) is 70.6 Å². The SMILES string of the molecule is Cc1nn2c(-c3ccccc3)nc3ccccc3c2nc1=O. The lowest BCUT2D eigenvalue weighted by atomic mass is 10.2. The molecule has 5 heteroatoms. The van der Waals surface area contributed by atoms with Crippen molar-refractivity contribution in [2.75, 3.05) is 0 Å². The molecule has 22 heavy (non-hydrogen) atoms. The molecule has 0 N–H and O–H groups in total. The molecule has 106 valence electrons. The fraction of sp³-hybridized carbons (Fsp3) is 0.0588. The third-order valence-corrected chi connectivity index (χ3v) is 3.57. The van der Waals surface area contributed by atoms with Crippen molar-refractivity contribution in [3.8, 4) is 11.4 Å². The molecule has 0 atom stereocenters. The lowest BCUT2D eigenvalue weighted by Crippen LogP contribution is -2.18. The number of benzene rings is 2. The Kier molecular flexibility index (Phi) is 2.72. The summed E-state index contributed by atoms with van der Waals surface area (Å²) < 4.78 is 1.65. The van der Waals surface area contributed by atoms with Gasteiger partial charge in [-0.15, -0.1) is 0 Å². The van der Waals surface area contributed by atoms with Gasteiger partial charge < -0.3 is 0 Å². The van der Waals surface area contributed by atoms with Gasteiger partial charge in [0, 0.05) is 10.9 Å². The number of hydrogen-bond donors (Lipinski definition) is 0. The van der Waals surface area contributed by atoms with Crippen LogP contribution in [0.5, 0.6) is 0 Å². The van der Waals surface area contributed by atoms with E-state index in [-0.39, 0.29) is 5.56 Å². The van der Waals surface area contributed by atoms with Gasteiger partial charge in [0.25, 0.3) is 5.56 Å². The zero-order chi connectivity index (χ0) is 15.1. The Balaban J connectivity index is 2.24. The van der Waals surface area contributed by atoms with Crippen molar-refractivity contribution in [2.45, 2.75) is 6.92 Å². The summed E-state index contributed by atoms with van der Waals surface area (Å²) in [6.07, 6.45) is 0. The van der Waals surface area contributed by atoms with Crippen LogP contribution in [0.4, 0.5) is 0 Å². The second-order valence-corrected chi connectivity index (χ2v) is 5.06. The first-order chi connectivity index (χ1) is 10.7. The molecule has 2 heterocycles. The van der Waals surface area contributed by atoms with Crippen molar-refractivity contribution < 1.29 is 0 Å². The van der Waals surface area contributed by atoms with E-state index in [0.29, 0.717) is 17.2 Å². The molecule has 4 aromatic rings. The molecule has 0 saturated heterocycles. The minimum Gasteiger partial charge on any atom is -0.265 e. The summed E-state index contributed by atoms with van der Waals surface area (Å²) in [5.74, 6) is 0.671. The highest BCUT2D eigenvalue weighted by atomic mass is 16.1. The monoisotopic (exact) mass is 288 g/mol. The topological polar surface area (TPSA) is 60.1 Å².